The van der Waals surface area contributed by atoms with E-state index in [-0.39, 0.29) is 30.7 Å². The van der Waals surface area contributed by atoms with Gasteiger partial charge in [0.25, 0.3) is 0 Å². The molecule has 15 heteroatoms. The number of nitrogens with one attached hydrogen (secondary N) is 1. The maximum Gasteiger partial charge on any atom is 0.491 e. The van der Waals surface area contributed by atoms with Crippen LogP contribution in [-0.4, -0.2) is 39.0 Å². The van der Waals surface area contributed by atoms with Crippen LogP contribution in [0.2, 0.25) is 0 Å². The smallest absolute Gasteiger partial charge is 0.486 e. The second kappa shape index (κ2) is 12.4. The Labute approximate surface area is 247 Å². The van der Waals surface area contributed by atoms with E-state index in [9.17, 15) is 40.3 Å². The van der Waals surface area contributed by atoms with Gasteiger partial charge >= 0.3 is 24.3 Å². The highest BCUT2D eigenvalue weighted by molar-refractivity contribution is 5.89. The van der Waals surface area contributed by atoms with Crippen molar-refractivity contribution in [2.75, 3.05) is 5.32 Å². The molecule has 8 nitrogen and oxygen atoms in total. The van der Waals surface area contributed by atoms with Crippen molar-refractivity contribution in [1.29, 1.82) is 0 Å². The molecule has 4 rings (SSSR count). The molecule has 1 aliphatic rings. The summed E-state index contributed by atoms with van der Waals surface area (Å²) >= 11 is 0. The van der Waals surface area contributed by atoms with Gasteiger partial charge in [-0.25, -0.2) is 18.9 Å². The summed E-state index contributed by atoms with van der Waals surface area (Å²) in [4.78, 5) is 28.8. The Hall–Kier alpha value is -4.17. The molecule has 0 saturated heterocycles. The Bertz CT molecular complexity index is 1500. The van der Waals surface area contributed by atoms with Crippen LogP contribution in [0.25, 0.3) is 0 Å². The number of esters is 2. The number of rotatable bonds is 7. The van der Waals surface area contributed by atoms with Crippen LogP contribution in [0.3, 0.4) is 0 Å². The van der Waals surface area contributed by atoms with Crippen LogP contribution in [0.1, 0.15) is 51.3 Å². The van der Waals surface area contributed by atoms with Gasteiger partial charge in [0.05, 0.1) is 23.2 Å². The summed E-state index contributed by atoms with van der Waals surface area (Å²) in [6, 6.07) is 9.25. The zero-order valence-corrected chi connectivity index (χ0v) is 23.8. The molecule has 0 bridgehead atoms. The summed E-state index contributed by atoms with van der Waals surface area (Å²) in [6.07, 6.45) is -9.89. The Balaban J connectivity index is 1.53. The van der Waals surface area contributed by atoms with Crippen molar-refractivity contribution in [2.45, 2.75) is 70.4 Å². The third kappa shape index (κ3) is 7.85. The van der Waals surface area contributed by atoms with Crippen molar-refractivity contribution >= 4 is 23.6 Å². The molecule has 2 heterocycles. The van der Waals surface area contributed by atoms with Gasteiger partial charge in [0, 0.05) is 11.8 Å². The van der Waals surface area contributed by atoms with Gasteiger partial charge in [-0.05, 0) is 76.6 Å². The topological polar surface area (TPSA) is 95.3 Å². The van der Waals surface area contributed by atoms with E-state index in [0.717, 1.165) is 12.1 Å². The number of anilines is 2. The number of hydrogen-bond acceptors (Lipinski definition) is 7. The third-order valence-corrected chi connectivity index (χ3v) is 7.01. The Morgan fingerprint density at radius 2 is 1.70 bits per heavy atom. The Morgan fingerprint density at radius 3 is 2.36 bits per heavy atom. The summed E-state index contributed by atoms with van der Waals surface area (Å²) < 4.78 is 104. The van der Waals surface area contributed by atoms with E-state index in [1.54, 1.807) is 35.1 Å². The lowest BCUT2D eigenvalue weighted by molar-refractivity contribution is -0.204. The van der Waals surface area contributed by atoms with Crippen LogP contribution in [-0.2, 0) is 32.5 Å². The fourth-order valence-electron chi connectivity index (χ4n) is 5.04. The molecule has 3 unspecified atom stereocenters. The quantitative estimate of drug-likeness (QED) is 0.171. The van der Waals surface area contributed by atoms with Crippen LogP contribution in [0.4, 0.5) is 42.4 Å². The first-order valence-corrected chi connectivity index (χ1v) is 13.6. The lowest BCUT2D eigenvalue weighted by Gasteiger charge is -2.34. The minimum Gasteiger partial charge on any atom is -0.486 e. The summed E-state index contributed by atoms with van der Waals surface area (Å²) in [6.45, 7) is 5.92. The molecule has 238 valence electrons. The fraction of sp³-hybridized carbons (Fsp3) is 0.448. The number of carbonyl (C=O) groups is 2. The number of aromatic nitrogens is 3. The number of benzene rings is 1. The molecule has 44 heavy (non-hydrogen) atoms. The van der Waals surface area contributed by atoms with Crippen LogP contribution in [0, 0.1) is 17.7 Å². The first-order chi connectivity index (χ1) is 20.4. The standard InChI is InChI=1S/C29H29F7N4O4/c1-27(2,3)40-23(12-13-37-40)39-22-9-4-6-17(38-22)14-16-10-11-20(18(15-16)25(41)44-26(42)29(34,35)36)43-21-8-5-7-19(24(21)30)28(31,32)33/h4-9,12-13,16,18,20H,10-11,14-15H2,1-3H3,(H,38,39). The van der Waals surface area contributed by atoms with Crippen molar-refractivity contribution < 1.29 is 49.8 Å². The average Bonchev–Trinajstić information content (AvgIpc) is 3.38. The van der Waals surface area contributed by atoms with E-state index < -0.39 is 53.4 Å². The molecule has 0 aliphatic heterocycles. The lowest BCUT2D eigenvalue weighted by atomic mass is 9.77. The molecule has 1 fully saturated rings. The number of alkyl halides is 6. The number of ether oxygens (including phenoxy) is 2. The first-order valence-electron chi connectivity index (χ1n) is 13.6. The molecule has 1 aliphatic carbocycles. The van der Waals surface area contributed by atoms with Gasteiger partial charge in [0.1, 0.15) is 17.7 Å². The van der Waals surface area contributed by atoms with E-state index in [2.05, 4.69) is 20.1 Å². The average molecular weight is 631 g/mol. The minimum atomic E-state index is -5.47. The Kier molecular flexibility index (Phi) is 9.26. The molecule has 3 aromatic rings. The zero-order valence-electron chi connectivity index (χ0n) is 23.8. The molecule has 0 spiro atoms. The van der Waals surface area contributed by atoms with Crippen LogP contribution in [0.5, 0.6) is 5.75 Å². The predicted molar refractivity (Wildman–Crippen MR) is 142 cm³/mol. The molecule has 0 amide bonds. The van der Waals surface area contributed by atoms with E-state index >= 15 is 0 Å². The third-order valence-electron chi connectivity index (χ3n) is 7.01. The van der Waals surface area contributed by atoms with E-state index in [1.807, 2.05) is 20.8 Å². The van der Waals surface area contributed by atoms with Crippen molar-refractivity contribution in [3.05, 3.63) is 65.7 Å². The van der Waals surface area contributed by atoms with Gasteiger partial charge in [0.15, 0.2) is 11.6 Å². The summed E-state index contributed by atoms with van der Waals surface area (Å²) in [5, 5.41) is 7.51. The normalized spacial score (nSPS) is 19.4. The number of carbonyl (C=O) groups excluding carboxylic acids is 2. The molecular formula is C29H29F7N4O4. The van der Waals surface area contributed by atoms with Crippen LogP contribution < -0.4 is 10.1 Å². The van der Waals surface area contributed by atoms with E-state index in [0.29, 0.717) is 29.8 Å². The molecule has 1 aromatic carbocycles. The van der Waals surface area contributed by atoms with Crippen LogP contribution in [0.15, 0.2) is 48.7 Å². The van der Waals surface area contributed by atoms with Crippen molar-refractivity contribution in [2.24, 2.45) is 11.8 Å². The number of halogens is 7. The monoisotopic (exact) mass is 630 g/mol. The second-order valence-electron chi connectivity index (χ2n) is 11.4. The van der Waals surface area contributed by atoms with Crippen molar-refractivity contribution in [3.8, 4) is 5.75 Å². The maximum atomic E-state index is 14.7. The fourth-order valence-corrected chi connectivity index (χ4v) is 5.04. The second-order valence-corrected chi connectivity index (χ2v) is 11.4. The maximum absolute atomic E-state index is 14.7. The molecule has 3 atom stereocenters. The summed E-state index contributed by atoms with van der Waals surface area (Å²) in [5.74, 6) is -7.62. The van der Waals surface area contributed by atoms with Crippen LogP contribution >= 0.6 is 0 Å². The lowest BCUT2D eigenvalue weighted by Crippen LogP contribution is -2.42. The van der Waals surface area contributed by atoms with E-state index in [1.165, 1.54) is 0 Å². The Morgan fingerprint density at radius 1 is 1.00 bits per heavy atom. The van der Waals surface area contributed by atoms with Gasteiger partial charge in [-0.2, -0.15) is 31.4 Å². The van der Waals surface area contributed by atoms with Gasteiger partial charge in [-0.1, -0.05) is 12.1 Å². The highest BCUT2D eigenvalue weighted by atomic mass is 19.4. The zero-order chi connectivity index (χ0) is 32.4. The SMILES string of the molecule is CC(C)(C)n1nccc1Nc1cccc(CC2CCC(Oc3cccc(C(F)(F)F)c3F)C(C(=O)OC(=O)C(F)(F)F)C2)n1. The summed E-state index contributed by atoms with van der Waals surface area (Å²) in [5.41, 5.74) is -1.36. The van der Waals surface area contributed by atoms with Crippen molar-refractivity contribution in [1.82, 2.24) is 14.8 Å². The number of nitrogens with zero attached hydrogens (tertiary/aromatic N) is 3. The van der Waals surface area contributed by atoms with Gasteiger partial charge in [-0.15, -0.1) is 0 Å². The highest BCUT2D eigenvalue weighted by Crippen LogP contribution is 2.39. The molecule has 2 aromatic heterocycles. The highest BCUT2D eigenvalue weighted by Gasteiger charge is 2.46. The molecule has 0 radical (unpaired) electrons. The minimum absolute atomic E-state index is 0.0525. The predicted octanol–water partition coefficient (Wildman–Crippen LogP) is 6.97. The first kappa shape index (κ1) is 32.7. The van der Waals surface area contributed by atoms with E-state index in [4.69, 9.17) is 4.74 Å². The van der Waals surface area contributed by atoms with Gasteiger partial charge in [-0.3, -0.25) is 4.79 Å². The number of hydrogen-bond donors (Lipinski definition) is 1. The van der Waals surface area contributed by atoms with Crippen molar-refractivity contribution in [3.63, 3.8) is 0 Å². The summed E-state index contributed by atoms with van der Waals surface area (Å²) in [7, 11) is 0. The number of pyridine rings is 1. The molecule has 1 saturated carbocycles. The molecule has 1 N–H and O–H groups in total. The van der Waals surface area contributed by atoms with Gasteiger partial charge < -0.3 is 14.8 Å². The molecular weight excluding hydrogens is 601 g/mol. The largest absolute Gasteiger partial charge is 0.491 e. The van der Waals surface area contributed by atoms with Gasteiger partial charge in [0.2, 0.25) is 0 Å².